The normalized spacial score (nSPS) is 11.4. The van der Waals surface area contributed by atoms with Gasteiger partial charge in [-0.05, 0) is 48.4 Å². The molecule has 2 aromatic carbocycles. The van der Waals surface area contributed by atoms with Crippen molar-refractivity contribution in [1.82, 2.24) is 0 Å². The quantitative estimate of drug-likeness (QED) is 0.457. The predicted molar refractivity (Wildman–Crippen MR) is 104 cm³/mol. The van der Waals surface area contributed by atoms with Crippen LogP contribution in [-0.2, 0) is 0 Å². The number of benzene rings is 2. The van der Waals surface area contributed by atoms with Crippen LogP contribution >= 0.6 is 0 Å². The van der Waals surface area contributed by atoms with Gasteiger partial charge < -0.3 is 19.9 Å². The molecular formula is C21H25NO4. The molecule has 0 aromatic heterocycles. The van der Waals surface area contributed by atoms with Crippen LogP contribution in [0.25, 0.3) is 6.08 Å². The number of Topliss-reactive ketones (excluding diaryl/α,β-unsaturated/α-hetero) is 1. The molecule has 26 heavy (non-hydrogen) atoms. The third-order valence-corrected chi connectivity index (χ3v) is 4.13. The number of nitrogen functional groups attached to an aromatic ring is 1. The third-order valence-electron chi connectivity index (χ3n) is 4.13. The highest BCUT2D eigenvalue weighted by atomic mass is 16.5. The highest BCUT2D eigenvalue weighted by Gasteiger charge is 2.18. The number of hydrogen-bond donors (Lipinski definition) is 1. The van der Waals surface area contributed by atoms with Gasteiger partial charge in [-0.25, -0.2) is 0 Å². The van der Waals surface area contributed by atoms with Gasteiger partial charge in [-0.15, -0.1) is 0 Å². The highest BCUT2D eigenvalue weighted by molar-refractivity contribution is 6.12. The Morgan fingerprint density at radius 3 is 2.23 bits per heavy atom. The van der Waals surface area contributed by atoms with Gasteiger partial charge in [0.1, 0.15) is 17.2 Å². The van der Waals surface area contributed by atoms with Gasteiger partial charge in [-0.3, -0.25) is 4.79 Å². The van der Waals surface area contributed by atoms with Crippen LogP contribution in [0.2, 0.25) is 0 Å². The standard InChI is InChI=1S/C21H25NO4/c1-13(2)17(11-15-10-16(24-3)7-9-19(15)25-4)21(23)14-6-8-18(22)20(12-14)26-5/h6-13H,22H2,1-5H3/b17-11+. The number of nitrogens with two attached hydrogens (primary N) is 1. The van der Waals surface area contributed by atoms with Gasteiger partial charge in [0, 0.05) is 16.7 Å². The minimum Gasteiger partial charge on any atom is -0.497 e. The van der Waals surface area contributed by atoms with Crippen molar-refractivity contribution in [3.8, 4) is 17.2 Å². The van der Waals surface area contributed by atoms with Crippen LogP contribution in [0, 0.1) is 5.92 Å². The van der Waals surface area contributed by atoms with Crippen LogP contribution in [-0.4, -0.2) is 27.1 Å². The predicted octanol–water partition coefficient (Wildman–Crippen LogP) is 4.22. The van der Waals surface area contributed by atoms with Crippen LogP contribution < -0.4 is 19.9 Å². The van der Waals surface area contributed by atoms with Crippen molar-refractivity contribution in [2.45, 2.75) is 13.8 Å². The van der Waals surface area contributed by atoms with E-state index in [4.69, 9.17) is 19.9 Å². The Kier molecular flexibility index (Phi) is 6.28. The number of carbonyl (C=O) groups is 1. The van der Waals surface area contributed by atoms with E-state index in [1.54, 1.807) is 32.4 Å². The minimum atomic E-state index is -0.0804. The molecule has 0 atom stereocenters. The lowest BCUT2D eigenvalue weighted by Gasteiger charge is -2.14. The fourth-order valence-electron chi connectivity index (χ4n) is 2.63. The van der Waals surface area contributed by atoms with Gasteiger partial charge in [0.05, 0.1) is 27.0 Å². The Bertz CT molecular complexity index is 825. The summed E-state index contributed by atoms with van der Waals surface area (Å²) in [7, 11) is 4.73. The number of rotatable bonds is 7. The van der Waals surface area contributed by atoms with E-state index in [2.05, 4.69) is 0 Å². The van der Waals surface area contributed by atoms with E-state index in [0.29, 0.717) is 34.1 Å². The number of anilines is 1. The largest absolute Gasteiger partial charge is 0.497 e. The first-order chi connectivity index (χ1) is 12.4. The van der Waals surface area contributed by atoms with Gasteiger partial charge in [0.25, 0.3) is 0 Å². The van der Waals surface area contributed by atoms with Crippen LogP contribution in [0.4, 0.5) is 5.69 Å². The number of ether oxygens (including phenoxy) is 3. The molecule has 0 saturated carbocycles. The lowest BCUT2D eigenvalue weighted by Crippen LogP contribution is -2.10. The van der Waals surface area contributed by atoms with Gasteiger partial charge in [-0.2, -0.15) is 0 Å². The van der Waals surface area contributed by atoms with Crippen molar-refractivity contribution in [2.24, 2.45) is 5.92 Å². The average molecular weight is 355 g/mol. The van der Waals surface area contributed by atoms with Crippen molar-refractivity contribution in [2.75, 3.05) is 27.1 Å². The first-order valence-electron chi connectivity index (χ1n) is 8.33. The van der Waals surface area contributed by atoms with Crippen molar-refractivity contribution < 1.29 is 19.0 Å². The van der Waals surface area contributed by atoms with Crippen LogP contribution in [0.5, 0.6) is 17.2 Å². The molecule has 5 nitrogen and oxygen atoms in total. The van der Waals surface area contributed by atoms with Crippen LogP contribution in [0.3, 0.4) is 0 Å². The van der Waals surface area contributed by atoms with Crippen LogP contribution in [0.1, 0.15) is 29.8 Å². The number of methoxy groups -OCH3 is 3. The second kappa shape index (κ2) is 8.43. The molecule has 0 bridgehead atoms. The van der Waals surface area contributed by atoms with Crippen molar-refractivity contribution in [1.29, 1.82) is 0 Å². The molecule has 0 aliphatic carbocycles. The Balaban J connectivity index is 2.52. The summed E-state index contributed by atoms with van der Waals surface area (Å²) in [6.07, 6.45) is 1.84. The second-order valence-electron chi connectivity index (χ2n) is 6.15. The van der Waals surface area contributed by atoms with Gasteiger partial charge in [0.2, 0.25) is 0 Å². The molecule has 2 aromatic rings. The summed E-state index contributed by atoms with van der Waals surface area (Å²) in [5, 5.41) is 0. The Hall–Kier alpha value is -2.95. The maximum Gasteiger partial charge on any atom is 0.189 e. The second-order valence-corrected chi connectivity index (χ2v) is 6.15. The van der Waals surface area contributed by atoms with E-state index in [1.807, 2.05) is 38.1 Å². The molecule has 0 aliphatic rings. The first kappa shape index (κ1) is 19.4. The molecule has 0 unspecified atom stereocenters. The van der Waals surface area contributed by atoms with E-state index in [0.717, 1.165) is 5.56 Å². The molecule has 138 valence electrons. The number of hydrogen-bond acceptors (Lipinski definition) is 5. The van der Waals surface area contributed by atoms with Crippen LogP contribution in [0.15, 0.2) is 42.0 Å². The first-order valence-corrected chi connectivity index (χ1v) is 8.33. The van der Waals surface area contributed by atoms with E-state index in [1.165, 1.54) is 7.11 Å². The summed E-state index contributed by atoms with van der Waals surface area (Å²) >= 11 is 0. The lowest BCUT2D eigenvalue weighted by molar-refractivity contribution is 0.102. The maximum atomic E-state index is 13.1. The van der Waals surface area contributed by atoms with E-state index in [9.17, 15) is 4.79 Å². The molecule has 0 radical (unpaired) electrons. The summed E-state index contributed by atoms with van der Waals surface area (Å²) in [6.45, 7) is 3.95. The highest BCUT2D eigenvalue weighted by Crippen LogP contribution is 2.30. The SMILES string of the molecule is COc1ccc(OC)c(/C=C(/C(=O)c2ccc(N)c(OC)c2)C(C)C)c1. The smallest absolute Gasteiger partial charge is 0.189 e. The molecule has 5 heteroatoms. The maximum absolute atomic E-state index is 13.1. The zero-order chi connectivity index (χ0) is 19.3. The summed E-state index contributed by atoms with van der Waals surface area (Å²) in [5.74, 6) is 1.79. The summed E-state index contributed by atoms with van der Waals surface area (Å²) in [5.41, 5.74) is 8.31. The van der Waals surface area contributed by atoms with Gasteiger partial charge in [0.15, 0.2) is 5.78 Å². The topological polar surface area (TPSA) is 70.8 Å². The Labute approximate surface area is 154 Å². The summed E-state index contributed by atoms with van der Waals surface area (Å²) in [6, 6.07) is 10.5. The fraction of sp³-hybridized carbons (Fsp3) is 0.286. The zero-order valence-corrected chi connectivity index (χ0v) is 15.8. The number of carbonyl (C=O) groups excluding carboxylic acids is 1. The molecule has 0 spiro atoms. The summed E-state index contributed by atoms with van der Waals surface area (Å²) < 4.78 is 15.9. The van der Waals surface area contributed by atoms with E-state index < -0.39 is 0 Å². The molecule has 0 fully saturated rings. The van der Waals surface area contributed by atoms with E-state index in [-0.39, 0.29) is 11.7 Å². The minimum absolute atomic E-state index is 0.0157. The Morgan fingerprint density at radius 2 is 1.65 bits per heavy atom. The Morgan fingerprint density at radius 1 is 0.962 bits per heavy atom. The van der Waals surface area contributed by atoms with Crippen molar-refractivity contribution in [3.63, 3.8) is 0 Å². The van der Waals surface area contributed by atoms with Crippen molar-refractivity contribution >= 4 is 17.5 Å². The number of allylic oxidation sites excluding steroid dienone is 1. The summed E-state index contributed by atoms with van der Waals surface area (Å²) in [4.78, 5) is 13.1. The lowest BCUT2D eigenvalue weighted by atomic mass is 9.92. The van der Waals surface area contributed by atoms with Gasteiger partial charge >= 0.3 is 0 Å². The molecule has 0 saturated heterocycles. The molecule has 2 N–H and O–H groups in total. The fourth-order valence-corrected chi connectivity index (χ4v) is 2.63. The molecular weight excluding hydrogens is 330 g/mol. The zero-order valence-electron chi connectivity index (χ0n) is 15.8. The third kappa shape index (κ3) is 4.17. The molecule has 0 aliphatic heterocycles. The number of ketones is 1. The molecule has 0 amide bonds. The van der Waals surface area contributed by atoms with Crippen molar-refractivity contribution in [3.05, 3.63) is 53.1 Å². The monoisotopic (exact) mass is 355 g/mol. The molecule has 0 heterocycles. The van der Waals surface area contributed by atoms with E-state index >= 15 is 0 Å². The molecule has 2 rings (SSSR count). The average Bonchev–Trinajstić information content (AvgIpc) is 2.65. The van der Waals surface area contributed by atoms with Gasteiger partial charge in [-0.1, -0.05) is 13.8 Å².